The van der Waals surface area contributed by atoms with Crippen LogP contribution in [0.25, 0.3) is 0 Å². The van der Waals surface area contributed by atoms with E-state index in [4.69, 9.17) is 9.63 Å². The van der Waals surface area contributed by atoms with Crippen LogP contribution in [0, 0.1) is 0 Å². The van der Waals surface area contributed by atoms with Gasteiger partial charge in [-0.25, -0.2) is 0 Å². The summed E-state index contributed by atoms with van der Waals surface area (Å²) in [7, 11) is 0. The van der Waals surface area contributed by atoms with Gasteiger partial charge in [0, 0.05) is 12.5 Å². The van der Waals surface area contributed by atoms with Gasteiger partial charge in [-0.05, 0) is 6.42 Å². The number of rotatable bonds is 13. The monoisotopic (exact) mass is 295 g/mol. The molecule has 0 spiro atoms. The lowest BCUT2D eigenvalue weighted by atomic mass is 10.1. The van der Waals surface area contributed by atoms with Crippen molar-refractivity contribution in [2.45, 2.75) is 84.0 Å². The van der Waals surface area contributed by atoms with Crippen LogP contribution in [-0.2, 0) is 17.6 Å². The molecule has 0 bridgehead atoms. The molecule has 0 atom stereocenters. The molecule has 0 saturated carbocycles. The summed E-state index contributed by atoms with van der Waals surface area (Å²) in [5.74, 6) is -0.0559. The molecule has 0 aliphatic heterocycles. The molecule has 1 heterocycles. The summed E-state index contributed by atoms with van der Waals surface area (Å²) in [5.41, 5.74) is 0.518. The van der Waals surface area contributed by atoms with Gasteiger partial charge in [0.1, 0.15) is 5.76 Å². The molecule has 0 aliphatic rings. The van der Waals surface area contributed by atoms with Crippen LogP contribution in [0.5, 0.6) is 0 Å². The van der Waals surface area contributed by atoms with Crippen molar-refractivity contribution in [2.75, 3.05) is 0 Å². The molecule has 21 heavy (non-hydrogen) atoms. The highest BCUT2D eigenvalue weighted by Crippen LogP contribution is 2.13. The van der Waals surface area contributed by atoms with E-state index in [1.54, 1.807) is 6.07 Å². The number of unbranched alkanes of at least 4 members (excludes halogenated alkanes) is 9. The first-order valence-corrected chi connectivity index (χ1v) is 8.38. The van der Waals surface area contributed by atoms with Crippen LogP contribution in [-0.4, -0.2) is 16.2 Å². The largest absolute Gasteiger partial charge is 0.481 e. The quantitative estimate of drug-likeness (QED) is 0.533. The van der Waals surface area contributed by atoms with E-state index in [1.807, 2.05) is 0 Å². The number of aryl methyl sites for hydroxylation is 1. The third-order valence-electron chi connectivity index (χ3n) is 3.72. The first-order valence-electron chi connectivity index (χ1n) is 8.38. The van der Waals surface area contributed by atoms with Crippen molar-refractivity contribution < 1.29 is 14.4 Å². The Morgan fingerprint density at radius 2 is 1.62 bits per heavy atom. The molecule has 0 radical (unpaired) electrons. The maximum Gasteiger partial charge on any atom is 0.309 e. The van der Waals surface area contributed by atoms with Gasteiger partial charge in [-0.15, -0.1) is 0 Å². The normalized spacial score (nSPS) is 10.9. The highest BCUT2D eigenvalue weighted by atomic mass is 16.5. The third-order valence-corrected chi connectivity index (χ3v) is 3.72. The zero-order valence-electron chi connectivity index (χ0n) is 13.3. The SMILES string of the molecule is CCCCCCCCCCCCc1cc(CC(=O)O)no1. The van der Waals surface area contributed by atoms with Gasteiger partial charge in [0.05, 0.1) is 12.1 Å². The third kappa shape index (κ3) is 9.27. The molecular formula is C17H29NO3. The number of nitrogens with zero attached hydrogens (tertiary/aromatic N) is 1. The van der Waals surface area contributed by atoms with Crippen LogP contribution in [0.3, 0.4) is 0 Å². The summed E-state index contributed by atoms with van der Waals surface area (Å²) < 4.78 is 5.13. The average molecular weight is 295 g/mol. The summed E-state index contributed by atoms with van der Waals surface area (Å²) in [6, 6.07) is 1.77. The number of hydrogen-bond acceptors (Lipinski definition) is 3. The number of carboxylic acids is 1. The smallest absolute Gasteiger partial charge is 0.309 e. The van der Waals surface area contributed by atoms with Crippen molar-refractivity contribution in [3.63, 3.8) is 0 Å². The van der Waals surface area contributed by atoms with Gasteiger partial charge < -0.3 is 9.63 Å². The van der Waals surface area contributed by atoms with Crippen LogP contribution in [0.1, 0.15) is 82.6 Å². The number of aromatic nitrogens is 1. The highest BCUT2D eigenvalue weighted by Gasteiger charge is 2.07. The lowest BCUT2D eigenvalue weighted by Gasteiger charge is -2.01. The van der Waals surface area contributed by atoms with Gasteiger partial charge in [0.15, 0.2) is 0 Å². The van der Waals surface area contributed by atoms with E-state index in [0.717, 1.165) is 18.6 Å². The lowest BCUT2D eigenvalue weighted by Crippen LogP contribution is -1.99. The fourth-order valence-corrected chi connectivity index (χ4v) is 2.50. The molecule has 1 aromatic rings. The standard InChI is InChI=1S/C17H29NO3/c1-2-3-4-5-6-7-8-9-10-11-12-16-13-15(18-21-16)14-17(19)20/h13H,2-12,14H2,1H3,(H,19,20). The van der Waals surface area contributed by atoms with Crippen molar-refractivity contribution in [2.24, 2.45) is 0 Å². The Bertz CT molecular complexity index is 387. The summed E-state index contributed by atoms with van der Waals surface area (Å²) in [5, 5.41) is 12.4. The molecule has 0 aromatic carbocycles. The Labute approximate surface area is 127 Å². The van der Waals surface area contributed by atoms with E-state index in [-0.39, 0.29) is 6.42 Å². The van der Waals surface area contributed by atoms with E-state index < -0.39 is 5.97 Å². The zero-order chi connectivity index (χ0) is 15.3. The van der Waals surface area contributed by atoms with Gasteiger partial charge >= 0.3 is 5.97 Å². The summed E-state index contributed by atoms with van der Waals surface area (Å²) in [6.45, 7) is 2.25. The number of carbonyl (C=O) groups is 1. The Hall–Kier alpha value is -1.32. The minimum atomic E-state index is -0.867. The Balaban J connectivity index is 1.94. The summed E-state index contributed by atoms with van der Waals surface area (Å²) in [4.78, 5) is 10.5. The van der Waals surface area contributed by atoms with Crippen molar-refractivity contribution >= 4 is 5.97 Å². The van der Waals surface area contributed by atoms with Gasteiger partial charge in [-0.3, -0.25) is 4.79 Å². The maximum atomic E-state index is 10.5. The fraction of sp³-hybridized carbons (Fsp3) is 0.765. The molecular weight excluding hydrogens is 266 g/mol. The predicted molar refractivity (Wildman–Crippen MR) is 83.4 cm³/mol. The van der Waals surface area contributed by atoms with Crippen LogP contribution < -0.4 is 0 Å². The molecule has 0 fully saturated rings. The van der Waals surface area contributed by atoms with E-state index in [9.17, 15) is 4.79 Å². The average Bonchev–Trinajstić information content (AvgIpc) is 2.87. The Morgan fingerprint density at radius 1 is 1.05 bits per heavy atom. The van der Waals surface area contributed by atoms with E-state index in [2.05, 4.69) is 12.1 Å². The second-order valence-corrected chi connectivity index (χ2v) is 5.79. The molecule has 1 N–H and O–H groups in total. The number of carboxylic acid groups (broad SMARTS) is 1. The zero-order valence-corrected chi connectivity index (χ0v) is 13.3. The van der Waals surface area contributed by atoms with Crippen molar-refractivity contribution in [1.82, 2.24) is 5.16 Å². The molecule has 4 nitrogen and oxygen atoms in total. The van der Waals surface area contributed by atoms with Gasteiger partial charge in [0.2, 0.25) is 0 Å². The number of hydrogen-bond donors (Lipinski definition) is 1. The minimum absolute atomic E-state index is 0.0540. The second-order valence-electron chi connectivity index (χ2n) is 5.79. The first kappa shape index (κ1) is 17.7. The van der Waals surface area contributed by atoms with Crippen LogP contribution >= 0.6 is 0 Å². The molecule has 0 aliphatic carbocycles. The molecule has 1 rings (SSSR count). The maximum absolute atomic E-state index is 10.5. The second kappa shape index (κ2) is 11.4. The predicted octanol–water partition coefficient (Wildman–Crippen LogP) is 4.77. The van der Waals surface area contributed by atoms with Gasteiger partial charge in [0.25, 0.3) is 0 Å². The van der Waals surface area contributed by atoms with Crippen LogP contribution in [0.4, 0.5) is 0 Å². The van der Waals surface area contributed by atoms with E-state index >= 15 is 0 Å². The lowest BCUT2D eigenvalue weighted by molar-refractivity contribution is -0.136. The van der Waals surface area contributed by atoms with Crippen LogP contribution in [0.15, 0.2) is 10.6 Å². The van der Waals surface area contributed by atoms with E-state index in [0.29, 0.717) is 5.69 Å². The Morgan fingerprint density at radius 3 is 2.19 bits per heavy atom. The molecule has 4 heteroatoms. The van der Waals surface area contributed by atoms with Crippen molar-refractivity contribution in [3.05, 3.63) is 17.5 Å². The molecule has 0 saturated heterocycles. The molecule has 0 unspecified atom stereocenters. The van der Waals surface area contributed by atoms with Gasteiger partial charge in [-0.1, -0.05) is 69.9 Å². The van der Waals surface area contributed by atoms with Crippen molar-refractivity contribution in [3.8, 4) is 0 Å². The highest BCUT2D eigenvalue weighted by molar-refractivity contribution is 5.69. The molecule has 1 aromatic heterocycles. The molecule has 0 amide bonds. The number of aliphatic carboxylic acids is 1. The summed E-state index contributed by atoms with van der Waals surface area (Å²) in [6.07, 6.45) is 13.9. The summed E-state index contributed by atoms with van der Waals surface area (Å²) >= 11 is 0. The minimum Gasteiger partial charge on any atom is -0.481 e. The fourth-order valence-electron chi connectivity index (χ4n) is 2.50. The topological polar surface area (TPSA) is 63.3 Å². The first-order chi connectivity index (χ1) is 10.2. The van der Waals surface area contributed by atoms with Crippen LogP contribution in [0.2, 0.25) is 0 Å². The molecule has 120 valence electrons. The Kier molecular flexibility index (Phi) is 9.58. The van der Waals surface area contributed by atoms with Gasteiger partial charge in [-0.2, -0.15) is 0 Å². The van der Waals surface area contributed by atoms with E-state index in [1.165, 1.54) is 57.8 Å². The van der Waals surface area contributed by atoms with Crippen molar-refractivity contribution in [1.29, 1.82) is 0 Å².